The van der Waals surface area contributed by atoms with Crippen molar-refractivity contribution < 1.29 is 22.7 Å². The van der Waals surface area contributed by atoms with E-state index < -0.39 is 28.5 Å². The van der Waals surface area contributed by atoms with E-state index in [1.165, 1.54) is 17.0 Å². The summed E-state index contributed by atoms with van der Waals surface area (Å²) in [5.74, 6) is -0.172. The average Bonchev–Trinajstić information content (AvgIpc) is 2.97. The first-order chi connectivity index (χ1) is 20.0. The molecule has 0 bridgehead atoms. The molecule has 2 atom stereocenters. The zero-order valence-electron chi connectivity index (χ0n) is 24.8. The second-order valence-corrected chi connectivity index (χ2v) is 12.9. The van der Waals surface area contributed by atoms with Gasteiger partial charge in [0, 0.05) is 17.1 Å². The van der Waals surface area contributed by atoms with Crippen LogP contribution in [0.15, 0.2) is 82.2 Å². The fraction of sp³-hybridized carbons (Fsp3) is 0.375. The Hall–Kier alpha value is -3.37. The molecule has 1 N–H and O–H groups in total. The number of nitrogens with zero attached hydrogens (tertiary/aromatic N) is 2. The first-order valence-corrected chi connectivity index (χ1v) is 16.4. The largest absolute Gasteiger partial charge is 0.494 e. The standard InChI is InChI=1S/C32H40BrN3O5S/c1-6-24(5)34-32(38)30(7-2)35(21-25-11-9-23(4)10-12-25)31(37)22-36(27-15-17-28(18-16-27)41-8-3)42(39,40)29-19-13-26(33)14-20-29/h9-20,24,30H,6-8,21-22H2,1-5H3,(H,34,38). The van der Waals surface area contributed by atoms with Crippen molar-refractivity contribution in [2.24, 2.45) is 0 Å². The van der Waals surface area contributed by atoms with Gasteiger partial charge >= 0.3 is 0 Å². The Balaban J connectivity index is 2.05. The summed E-state index contributed by atoms with van der Waals surface area (Å²) in [5.41, 5.74) is 2.22. The van der Waals surface area contributed by atoms with E-state index in [0.717, 1.165) is 26.3 Å². The third kappa shape index (κ3) is 8.58. The summed E-state index contributed by atoms with van der Waals surface area (Å²) in [6.07, 6.45) is 1.10. The molecule has 3 rings (SSSR count). The van der Waals surface area contributed by atoms with Gasteiger partial charge in [0.05, 0.1) is 17.2 Å². The first-order valence-electron chi connectivity index (χ1n) is 14.2. The minimum atomic E-state index is -4.16. The summed E-state index contributed by atoms with van der Waals surface area (Å²) in [6, 6.07) is 19.7. The molecule has 3 aromatic rings. The number of rotatable bonds is 14. The molecule has 0 radical (unpaired) electrons. The number of carbonyl (C=O) groups is 2. The van der Waals surface area contributed by atoms with Crippen LogP contribution in [0.3, 0.4) is 0 Å². The molecule has 0 heterocycles. The molecule has 0 aliphatic rings. The molecule has 8 nitrogen and oxygen atoms in total. The van der Waals surface area contributed by atoms with E-state index in [1.807, 2.05) is 58.9 Å². The quantitative estimate of drug-likeness (QED) is 0.227. The molecule has 42 heavy (non-hydrogen) atoms. The number of aryl methyl sites for hydroxylation is 1. The fourth-order valence-corrected chi connectivity index (χ4v) is 6.07. The smallest absolute Gasteiger partial charge is 0.264 e. The van der Waals surface area contributed by atoms with Crippen LogP contribution in [0.1, 0.15) is 51.7 Å². The maximum atomic E-state index is 14.2. The number of halogens is 1. The van der Waals surface area contributed by atoms with Crippen LogP contribution in [0, 0.1) is 6.92 Å². The van der Waals surface area contributed by atoms with E-state index in [2.05, 4.69) is 21.2 Å². The van der Waals surface area contributed by atoms with Crippen molar-refractivity contribution in [2.75, 3.05) is 17.5 Å². The monoisotopic (exact) mass is 657 g/mol. The van der Waals surface area contributed by atoms with Crippen molar-refractivity contribution in [1.29, 1.82) is 0 Å². The van der Waals surface area contributed by atoms with Crippen molar-refractivity contribution in [3.05, 3.63) is 88.4 Å². The predicted octanol–water partition coefficient (Wildman–Crippen LogP) is 6.07. The summed E-state index contributed by atoms with van der Waals surface area (Å²) in [4.78, 5) is 29.1. The molecule has 10 heteroatoms. The van der Waals surface area contributed by atoms with Gasteiger partial charge in [-0.15, -0.1) is 0 Å². The zero-order chi connectivity index (χ0) is 30.9. The highest BCUT2D eigenvalue weighted by Gasteiger charge is 2.34. The van der Waals surface area contributed by atoms with E-state index in [4.69, 9.17) is 4.74 Å². The lowest BCUT2D eigenvalue weighted by atomic mass is 10.1. The number of carbonyl (C=O) groups excluding carboxylic acids is 2. The van der Waals surface area contributed by atoms with Crippen molar-refractivity contribution in [3.8, 4) is 5.75 Å². The van der Waals surface area contributed by atoms with Crippen LogP contribution in [-0.2, 0) is 26.2 Å². The lowest BCUT2D eigenvalue weighted by Gasteiger charge is -2.33. The lowest BCUT2D eigenvalue weighted by Crippen LogP contribution is -2.53. The Kier molecular flexibility index (Phi) is 12.0. The van der Waals surface area contributed by atoms with Gasteiger partial charge in [-0.2, -0.15) is 0 Å². The van der Waals surface area contributed by atoms with Crippen molar-refractivity contribution in [2.45, 2.75) is 71.0 Å². The summed E-state index contributed by atoms with van der Waals surface area (Å²) in [7, 11) is -4.16. The van der Waals surface area contributed by atoms with E-state index in [9.17, 15) is 18.0 Å². The summed E-state index contributed by atoms with van der Waals surface area (Å²) >= 11 is 3.35. The maximum Gasteiger partial charge on any atom is 0.264 e. The number of sulfonamides is 1. The van der Waals surface area contributed by atoms with E-state index in [0.29, 0.717) is 24.5 Å². The predicted molar refractivity (Wildman–Crippen MR) is 170 cm³/mol. The van der Waals surface area contributed by atoms with Gasteiger partial charge in [-0.25, -0.2) is 8.42 Å². The lowest BCUT2D eigenvalue weighted by molar-refractivity contribution is -0.140. The molecule has 226 valence electrons. The third-order valence-electron chi connectivity index (χ3n) is 6.98. The van der Waals surface area contributed by atoms with Crippen LogP contribution in [0.4, 0.5) is 5.69 Å². The van der Waals surface area contributed by atoms with Crippen molar-refractivity contribution >= 4 is 43.5 Å². The van der Waals surface area contributed by atoms with Crippen LogP contribution in [0.5, 0.6) is 5.75 Å². The summed E-state index contributed by atoms with van der Waals surface area (Å²) < 4.78 is 35.4. The Morgan fingerprint density at radius 2 is 1.52 bits per heavy atom. The van der Waals surface area contributed by atoms with Gasteiger partial charge in [0.25, 0.3) is 10.0 Å². The maximum absolute atomic E-state index is 14.2. The van der Waals surface area contributed by atoms with Crippen LogP contribution >= 0.6 is 15.9 Å². The Morgan fingerprint density at radius 3 is 2.07 bits per heavy atom. The second kappa shape index (κ2) is 15.2. The van der Waals surface area contributed by atoms with Crippen molar-refractivity contribution in [3.63, 3.8) is 0 Å². The SMILES string of the molecule is CCOc1ccc(N(CC(=O)N(Cc2ccc(C)cc2)C(CC)C(=O)NC(C)CC)S(=O)(=O)c2ccc(Br)cc2)cc1. The van der Waals surface area contributed by atoms with Crippen LogP contribution in [-0.4, -0.2) is 50.4 Å². The summed E-state index contributed by atoms with van der Waals surface area (Å²) in [5, 5.41) is 2.99. The molecule has 0 saturated heterocycles. The highest BCUT2D eigenvalue weighted by atomic mass is 79.9. The molecule has 0 fully saturated rings. The summed E-state index contributed by atoms with van der Waals surface area (Å²) in [6.45, 7) is 9.69. The highest BCUT2D eigenvalue weighted by Crippen LogP contribution is 2.27. The van der Waals surface area contributed by atoms with Gasteiger partial charge in [0.1, 0.15) is 18.3 Å². The molecular weight excluding hydrogens is 618 g/mol. The number of ether oxygens (including phenoxy) is 1. The van der Waals surface area contributed by atoms with Gasteiger partial charge in [0.2, 0.25) is 11.8 Å². The molecule has 2 amide bonds. The van der Waals surface area contributed by atoms with Gasteiger partial charge in [0.15, 0.2) is 0 Å². The number of hydrogen-bond acceptors (Lipinski definition) is 5. The van der Waals surface area contributed by atoms with Crippen molar-refractivity contribution in [1.82, 2.24) is 10.2 Å². The number of anilines is 1. The molecule has 0 saturated carbocycles. The molecular formula is C32H40BrN3O5S. The number of nitrogens with one attached hydrogen (secondary N) is 1. The van der Waals surface area contributed by atoms with Gasteiger partial charge in [-0.3, -0.25) is 13.9 Å². The van der Waals surface area contributed by atoms with Crippen LogP contribution in [0.25, 0.3) is 0 Å². The normalized spacial score (nSPS) is 12.7. The zero-order valence-corrected chi connectivity index (χ0v) is 27.2. The van der Waals surface area contributed by atoms with Crippen LogP contribution in [0.2, 0.25) is 0 Å². The number of benzene rings is 3. The molecule has 0 spiro atoms. The highest BCUT2D eigenvalue weighted by molar-refractivity contribution is 9.10. The van der Waals surface area contributed by atoms with E-state index >= 15 is 0 Å². The Bertz CT molecular complexity index is 1430. The van der Waals surface area contributed by atoms with Gasteiger partial charge in [-0.1, -0.05) is 59.6 Å². The Labute approximate surface area is 258 Å². The minimum absolute atomic E-state index is 0.0408. The second-order valence-electron chi connectivity index (χ2n) is 10.1. The van der Waals surface area contributed by atoms with E-state index in [-0.39, 0.29) is 23.4 Å². The molecule has 3 aromatic carbocycles. The minimum Gasteiger partial charge on any atom is -0.494 e. The fourth-order valence-electron chi connectivity index (χ4n) is 4.39. The van der Waals surface area contributed by atoms with Gasteiger partial charge in [-0.05, 0) is 87.7 Å². The van der Waals surface area contributed by atoms with Crippen LogP contribution < -0.4 is 14.4 Å². The molecule has 2 unspecified atom stereocenters. The molecule has 0 aliphatic carbocycles. The Morgan fingerprint density at radius 1 is 0.905 bits per heavy atom. The average molecular weight is 659 g/mol. The number of hydrogen-bond donors (Lipinski definition) is 1. The third-order valence-corrected chi connectivity index (χ3v) is 9.29. The first kappa shape index (κ1) is 33.1. The van der Waals surface area contributed by atoms with Gasteiger partial charge < -0.3 is 15.0 Å². The number of amides is 2. The molecule has 0 aromatic heterocycles. The van der Waals surface area contributed by atoms with E-state index in [1.54, 1.807) is 36.4 Å². The topological polar surface area (TPSA) is 96.0 Å². The molecule has 0 aliphatic heterocycles.